The zero-order valence-electron chi connectivity index (χ0n) is 11.9. The minimum atomic E-state index is -0.182. The topological polar surface area (TPSA) is 67.6 Å². The normalized spacial score (nSPS) is 22.3. The lowest BCUT2D eigenvalue weighted by molar-refractivity contribution is -0.0641. The highest BCUT2D eigenvalue weighted by atomic mass is 32.1. The van der Waals surface area contributed by atoms with Crippen molar-refractivity contribution in [1.29, 1.82) is 0 Å². The Morgan fingerprint density at radius 3 is 3.05 bits per heavy atom. The zero-order chi connectivity index (χ0) is 14.8. The minimum Gasteiger partial charge on any atom is -0.367 e. The molecule has 7 heteroatoms. The van der Waals surface area contributed by atoms with Crippen molar-refractivity contribution >= 4 is 23.2 Å². The van der Waals surface area contributed by atoms with Crippen molar-refractivity contribution in [2.75, 3.05) is 18.4 Å². The molecule has 0 radical (unpaired) electrons. The van der Waals surface area contributed by atoms with Crippen LogP contribution in [0.3, 0.4) is 0 Å². The van der Waals surface area contributed by atoms with Gasteiger partial charge in [-0.15, -0.1) is 0 Å². The average Bonchev–Trinajstić information content (AvgIpc) is 3.10. The molecule has 0 unspecified atom stereocenters. The monoisotopic (exact) mass is 307 g/mol. The zero-order valence-corrected chi connectivity index (χ0v) is 12.7. The molecule has 112 valence electrons. The van der Waals surface area contributed by atoms with E-state index in [2.05, 4.69) is 15.9 Å². The van der Waals surface area contributed by atoms with E-state index in [4.69, 9.17) is 9.26 Å². The first-order valence-electron chi connectivity index (χ1n) is 6.78. The third-order valence-corrected chi connectivity index (χ3v) is 4.03. The van der Waals surface area contributed by atoms with Gasteiger partial charge in [-0.25, -0.2) is 4.79 Å². The maximum atomic E-state index is 12.3. The molecule has 0 saturated carbocycles. The summed E-state index contributed by atoms with van der Waals surface area (Å²) in [6.07, 6.45) is -0.0850. The van der Waals surface area contributed by atoms with Gasteiger partial charge < -0.3 is 14.2 Å². The molecule has 0 aromatic carbocycles. The number of nitrogens with zero attached hydrogens (tertiary/aromatic N) is 2. The summed E-state index contributed by atoms with van der Waals surface area (Å²) >= 11 is 1.63. The standard InChI is InChI=1S/C14H17N3O3S/c1-9-5-13(16-20-9)15-14(18)17-6-10(2)19-12(7-17)11-3-4-21-8-11/h3-5,8,10,12H,6-7H2,1-2H3,(H,15,16,18)/t10-,12-/m0/s1. The van der Waals surface area contributed by atoms with Gasteiger partial charge >= 0.3 is 6.03 Å². The number of nitrogens with one attached hydrogen (secondary N) is 1. The summed E-state index contributed by atoms with van der Waals surface area (Å²) in [5.41, 5.74) is 1.11. The number of rotatable bonds is 2. The molecule has 6 nitrogen and oxygen atoms in total. The number of urea groups is 1. The van der Waals surface area contributed by atoms with Crippen molar-refractivity contribution < 1.29 is 14.1 Å². The Bertz CT molecular complexity index is 611. The van der Waals surface area contributed by atoms with Gasteiger partial charge in [-0.1, -0.05) is 5.16 Å². The molecule has 1 N–H and O–H groups in total. The van der Waals surface area contributed by atoms with Crippen molar-refractivity contribution in [3.05, 3.63) is 34.2 Å². The number of amides is 2. The summed E-state index contributed by atoms with van der Waals surface area (Å²) in [4.78, 5) is 14.1. The first-order valence-corrected chi connectivity index (χ1v) is 7.73. The predicted molar refractivity (Wildman–Crippen MR) is 79.4 cm³/mol. The molecule has 1 fully saturated rings. The molecule has 2 atom stereocenters. The SMILES string of the molecule is Cc1cc(NC(=O)N2C[C@@H](c3ccsc3)O[C@@H](C)C2)no1. The molecule has 1 aliphatic heterocycles. The summed E-state index contributed by atoms with van der Waals surface area (Å²) in [5.74, 6) is 1.10. The quantitative estimate of drug-likeness (QED) is 0.926. The van der Waals surface area contributed by atoms with Crippen LogP contribution in [0.2, 0.25) is 0 Å². The predicted octanol–water partition coefficient (Wildman–Crippen LogP) is 3.04. The fraction of sp³-hybridized carbons (Fsp3) is 0.429. The summed E-state index contributed by atoms with van der Waals surface area (Å²) in [6, 6.07) is 3.54. The van der Waals surface area contributed by atoms with Gasteiger partial charge in [0.1, 0.15) is 11.9 Å². The van der Waals surface area contributed by atoms with Crippen molar-refractivity contribution in [2.45, 2.75) is 26.1 Å². The van der Waals surface area contributed by atoms with Crippen LogP contribution in [-0.4, -0.2) is 35.3 Å². The van der Waals surface area contributed by atoms with Crippen LogP contribution >= 0.6 is 11.3 Å². The summed E-state index contributed by atoms with van der Waals surface area (Å²) in [5, 5.41) is 10.6. The van der Waals surface area contributed by atoms with E-state index >= 15 is 0 Å². The molecule has 21 heavy (non-hydrogen) atoms. The first kappa shape index (κ1) is 14.1. The fourth-order valence-corrected chi connectivity index (χ4v) is 3.08. The van der Waals surface area contributed by atoms with Crippen molar-refractivity contribution in [3.63, 3.8) is 0 Å². The van der Waals surface area contributed by atoms with Gasteiger partial charge in [0.05, 0.1) is 12.6 Å². The molecule has 2 aromatic heterocycles. The third kappa shape index (κ3) is 3.25. The van der Waals surface area contributed by atoms with Crippen molar-refractivity contribution in [1.82, 2.24) is 10.1 Å². The van der Waals surface area contributed by atoms with E-state index in [-0.39, 0.29) is 18.2 Å². The molecule has 2 aromatic rings. The van der Waals surface area contributed by atoms with Crippen LogP contribution in [0, 0.1) is 6.92 Å². The highest BCUT2D eigenvalue weighted by Crippen LogP contribution is 2.27. The second-order valence-corrected chi connectivity index (χ2v) is 5.93. The summed E-state index contributed by atoms with van der Waals surface area (Å²) in [7, 11) is 0. The Kier molecular flexibility index (Phi) is 3.94. The highest BCUT2D eigenvalue weighted by molar-refractivity contribution is 7.07. The maximum Gasteiger partial charge on any atom is 0.323 e. The van der Waals surface area contributed by atoms with Gasteiger partial charge in [0.25, 0.3) is 0 Å². The number of thiophene rings is 1. The molecule has 1 aliphatic rings. The van der Waals surface area contributed by atoms with E-state index in [9.17, 15) is 4.79 Å². The van der Waals surface area contributed by atoms with Crippen LogP contribution in [0.15, 0.2) is 27.4 Å². The third-order valence-electron chi connectivity index (χ3n) is 3.33. The number of carbonyl (C=O) groups is 1. The van der Waals surface area contributed by atoms with Gasteiger partial charge in [0.2, 0.25) is 0 Å². The molecule has 3 rings (SSSR count). The molecular formula is C14H17N3O3S. The summed E-state index contributed by atoms with van der Waals surface area (Å²) < 4.78 is 10.9. The molecule has 1 saturated heterocycles. The Balaban J connectivity index is 1.67. The lowest BCUT2D eigenvalue weighted by atomic mass is 10.1. The maximum absolute atomic E-state index is 12.3. The van der Waals surface area contributed by atoms with Crippen molar-refractivity contribution in [2.24, 2.45) is 0 Å². The van der Waals surface area contributed by atoms with E-state index in [0.717, 1.165) is 5.56 Å². The number of morpholine rings is 1. The Labute approximate surface area is 126 Å². The largest absolute Gasteiger partial charge is 0.367 e. The van der Waals surface area contributed by atoms with Gasteiger partial charge in [0, 0.05) is 12.6 Å². The second kappa shape index (κ2) is 5.87. The van der Waals surface area contributed by atoms with Crippen molar-refractivity contribution in [3.8, 4) is 0 Å². The first-order chi connectivity index (χ1) is 10.1. The van der Waals surface area contributed by atoms with Crippen LogP contribution in [0.4, 0.5) is 10.6 Å². The van der Waals surface area contributed by atoms with Crippen LogP contribution in [0.5, 0.6) is 0 Å². The average molecular weight is 307 g/mol. The van der Waals surface area contributed by atoms with Gasteiger partial charge in [-0.05, 0) is 36.2 Å². The Morgan fingerprint density at radius 1 is 1.52 bits per heavy atom. The lowest BCUT2D eigenvalue weighted by Gasteiger charge is -2.36. The number of aryl methyl sites for hydroxylation is 1. The molecule has 2 amide bonds. The lowest BCUT2D eigenvalue weighted by Crippen LogP contribution is -2.47. The molecule has 0 aliphatic carbocycles. The van der Waals surface area contributed by atoms with E-state index in [1.165, 1.54) is 0 Å². The van der Waals surface area contributed by atoms with Crippen LogP contribution in [0.25, 0.3) is 0 Å². The number of hydrogen-bond acceptors (Lipinski definition) is 5. The fourth-order valence-electron chi connectivity index (χ4n) is 2.37. The van der Waals surface area contributed by atoms with Crippen LogP contribution < -0.4 is 5.32 Å². The Morgan fingerprint density at radius 2 is 2.38 bits per heavy atom. The van der Waals surface area contributed by atoms with E-state index in [1.807, 2.05) is 18.4 Å². The molecule has 0 bridgehead atoms. The number of aromatic nitrogens is 1. The number of carbonyl (C=O) groups excluding carboxylic acids is 1. The number of ether oxygens (including phenoxy) is 1. The van der Waals surface area contributed by atoms with Gasteiger partial charge in [0.15, 0.2) is 5.82 Å². The molecule has 0 spiro atoms. The second-order valence-electron chi connectivity index (χ2n) is 5.15. The molecular weight excluding hydrogens is 290 g/mol. The number of hydrogen-bond donors (Lipinski definition) is 1. The Hall–Kier alpha value is -1.86. The summed E-state index contributed by atoms with van der Waals surface area (Å²) in [6.45, 7) is 4.85. The smallest absolute Gasteiger partial charge is 0.323 e. The molecule has 3 heterocycles. The highest BCUT2D eigenvalue weighted by Gasteiger charge is 2.29. The number of anilines is 1. The van der Waals surface area contributed by atoms with Gasteiger partial charge in [-0.3, -0.25) is 5.32 Å². The van der Waals surface area contributed by atoms with Crippen LogP contribution in [0.1, 0.15) is 24.4 Å². The minimum absolute atomic E-state index is 0.00607. The van der Waals surface area contributed by atoms with E-state index in [1.54, 1.807) is 29.2 Å². The van der Waals surface area contributed by atoms with Gasteiger partial charge in [-0.2, -0.15) is 11.3 Å². The van der Waals surface area contributed by atoms with Crippen LogP contribution in [-0.2, 0) is 4.74 Å². The van der Waals surface area contributed by atoms with E-state index < -0.39 is 0 Å². The van der Waals surface area contributed by atoms with E-state index in [0.29, 0.717) is 24.7 Å².